The van der Waals surface area contributed by atoms with Crippen molar-refractivity contribution in [1.82, 2.24) is 5.16 Å². The van der Waals surface area contributed by atoms with E-state index < -0.39 is 0 Å². The molecule has 0 spiro atoms. The molecular weight excluding hydrogens is 246 g/mol. The molecule has 2 aromatic rings. The highest BCUT2D eigenvalue weighted by Gasteiger charge is 2.07. The van der Waals surface area contributed by atoms with Gasteiger partial charge in [0.25, 0.3) is 5.91 Å². The molecule has 0 radical (unpaired) electrons. The van der Waals surface area contributed by atoms with Gasteiger partial charge in [-0.2, -0.15) is 5.26 Å². The molecule has 0 saturated carbocycles. The molecule has 1 heterocycles. The summed E-state index contributed by atoms with van der Waals surface area (Å²) in [6.07, 6.45) is 0. The molecule has 0 aliphatic heterocycles. The highest BCUT2D eigenvalue weighted by molar-refractivity contribution is 5.90. The van der Waals surface area contributed by atoms with E-state index >= 15 is 0 Å². The Balaban J connectivity index is 1.84. The molecular formula is C13H11N3O3. The maximum atomic E-state index is 11.5. The number of nitrogens with one attached hydrogen (secondary N) is 1. The van der Waals surface area contributed by atoms with Crippen LogP contribution in [0.5, 0.6) is 5.75 Å². The molecule has 0 atom stereocenters. The van der Waals surface area contributed by atoms with E-state index in [2.05, 4.69) is 10.5 Å². The average Bonchev–Trinajstić information content (AvgIpc) is 2.82. The number of benzene rings is 1. The summed E-state index contributed by atoms with van der Waals surface area (Å²) in [6.45, 7) is 1.61. The Hall–Kier alpha value is -2.81. The summed E-state index contributed by atoms with van der Waals surface area (Å²) in [6, 6.07) is 10.1. The topological polar surface area (TPSA) is 88.1 Å². The van der Waals surface area contributed by atoms with E-state index in [0.29, 0.717) is 17.0 Å². The Kier molecular flexibility index (Phi) is 3.78. The number of hydrogen-bond donors (Lipinski definition) is 1. The molecule has 1 aromatic heterocycles. The average molecular weight is 257 g/mol. The lowest BCUT2D eigenvalue weighted by Crippen LogP contribution is -2.19. The largest absolute Gasteiger partial charge is 0.484 e. The van der Waals surface area contributed by atoms with Gasteiger partial charge in [-0.25, -0.2) is 0 Å². The van der Waals surface area contributed by atoms with Gasteiger partial charge in [0.05, 0.1) is 17.3 Å². The third kappa shape index (κ3) is 3.57. The molecule has 0 unspecified atom stereocenters. The van der Waals surface area contributed by atoms with E-state index in [4.69, 9.17) is 14.5 Å². The molecule has 0 bridgehead atoms. The van der Waals surface area contributed by atoms with Crippen LogP contribution in [0, 0.1) is 18.3 Å². The van der Waals surface area contributed by atoms with Crippen LogP contribution in [0.25, 0.3) is 0 Å². The van der Waals surface area contributed by atoms with Crippen LogP contribution in [-0.2, 0) is 4.79 Å². The van der Waals surface area contributed by atoms with Gasteiger partial charge in [0.15, 0.2) is 6.61 Å². The number of nitrogens with zero attached hydrogens (tertiary/aromatic N) is 2. The van der Waals surface area contributed by atoms with Crippen molar-refractivity contribution >= 4 is 11.8 Å². The normalized spacial score (nSPS) is 9.68. The zero-order valence-electron chi connectivity index (χ0n) is 10.2. The van der Waals surface area contributed by atoms with E-state index in [-0.39, 0.29) is 18.4 Å². The van der Waals surface area contributed by atoms with Crippen LogP contribution < -0.4 is 10.1 Å². The van der Waals surface area contributed by atoms with Crippen molar-refractivity contribution in [3.8, 4) is 11.8 Å². The van der Waals surface area contributed by atoms with Crippen molar-refractivity contribution in [1.29, 1.82) is 5.26 Å². The summed E-state index contributed by atoms with van der Waals surface area (Å²) in [5.41, 5.74) is 1.22. The van der Waals surface area contributed by atoms with Gasteiger partial charge in [0.2, 0.25) is 5.88 Å². The second-order valence-corrected chi connectivity index (χ2v) is 3.81. The van der Waals surface area contributed by atoms with Gasteiger partial charge in [-0.3, -0.25) is 10.1 Å². The molecule has 19 heavy (non-hydrogen) atoms. The lowest BCUT2D eigenvalue weighted by molar-refractivity contribution is -0.118. The molecule has 1 aromatic carbocycles. The molecule has 0 aliphatic carbocycles. The van der Waals surface area contributed by atoms with E-state index in [1.807, 2.05) is 6.07 Å². The number of carbonyl (C=O) groups is 1. The fourth-order valence-corrected chi connectivity index (χ4v) is 1.37. The minimum Gasteiger partial charge on any atom is -0.484 e. The van der Waals surface area contributed by atoms with Crippen LogP contribution in [0.1, 0.15) is 11.3 Å². The minimum absolute atomic E-state index is 0.147. The minimum atomic E-state index is -0.347. The van der Waals surface area contributed by atoms with E-state index in [1.54, 1.807) is 37.3 Å². The van der Waals surface area contributed by atoms with Crippen LogP contribution in [0.15, 0.2) is 34.9 Å². The summed E-state index contributed by atoms with van der Waals surface area (Å²) in [5, 5.41) is 14.8. The van der Waals surface area contributed by atoms with Crippen LogP contribution >= 0.6 is 0 Å². The van der Waals surface area contributed by atoms with Crippen molar-refractivity contribution in [3.05, 3.63) is 41.6 Å². The van der Waals surface area contributed by atoms with Gasteiger partial charge in [-0.1, -0.05) is 5.16 Å². The predicted molar refractivity (Wildman–Crippen MR) is 66.5 cm³/mol. The Labute approximate surface area is 109 Å². The summed E-state index contributed by atoms with van der Waals surface area (Å²) in [7, 11) is 0. The number of amides is 1. The zero-order chi connectivity index (χ0) is 13.7. The zero-order valence-corrected chi connectivity index (χ0v) is 10.2. The Morgan fingerprint density at radius 3 is 2.79 bits per heavy atom. The SMILES string of the molecule is Cc1cc(NC(=O)COc2ccc(C#N)cc2)on1. The first-order chi connectivity index (χ1) is 9.17. The van der Waals surface area contributed by atoms with Gasteiger partial charge in [0, 0.05) is 6.07 Å². The second kappa shape index (κ2) is 5.69. The summed E-state index contributed by atoms with van der Waals surface area (Å²) >= 11 is 0. The molecule has 0 fully saturated rings. The Bertz CT molecular complexity index is 611. The first kappa shape index (κ1) is 12.6. The maximum absolute atomic E-state index is 11.5. The van der Waals surface area contributed by atoms with Crippen LogP contribution in [0.3, 0.4) is 0 Å². The highest BCUT2D eigenvalue weighted by atomic mass is 16.5. The quantitative estimate of drug-likeness (QED) is 0.903. The van der Waals surface area contributed by atoms with Gasteiger partial charge in [0.1, 0.15) is 5.75 Å². The first-order valence-corrected chi connectivity index (χ1v) is 5.53. The van der Waals surface area contributed by atoms with Crippen LogP contribution in [-0.4, -0.2) is 17.7 Å². The summed E-state index contributed by atoms with van der Waals surface area (Å²) in [4.78, 5) is 11.5. The fraction of sp³-hybridized carbons (Fsp3) is 0.154. The van der Waals surface area contributed by atoms with E-state index in [9.17, 15) is 4.79 Å². The van der Waals surface area contributed by atoms with Gasteiger partial charge in [-0.05, 0) is 31.2 Å². The maximum Gasteiger partial charge on any atom is 0.264 e. The number of anilines is 1. The molecule has 1 N–H and O–H groups in total. The number of nitriles is 1. The van der Waals surface area contributed by atoms with Gasteiger partial charge in [-0.15, -0.1) is 0 Å². The van der Waals surface area contributed by atoms with Crippen molar-refractivity contribution in [2.75, 3.05) is 11.9 Å². The predicted octanol–water partition coefficient (Wildman–Crippen LogP) is 1.87. The number of hydrogen-bond acceptors (Lipinski definition) is 5. The number of rotatable bonds is 4. The van der Waals surface area contributed by atoms with Crippen LogP contribution in [0.2, 0.25) is 0 Å². The van der Waals surface area contributed by atoms with E-state index in [1.165, 1.54) is 0 Å². The summed E-state index contributed by atoms with van der Waals surface area (Å²) in [5.74, 6) is 0.453. The first-order valence-electron chi connectivity index (χ1n) is 5.53. The fourth-order valence-electron chi connectivity index (χ4n) is 1.37. The highest BCUT2D eigenvalue weighted by Crippen LogP contribution is 2.12. The van der Waals surface area contributed by atoms with Gasteiger partial charge < -0.3 is 9.26 Å². The molecule has 2 rings (SSSR count). The van der Waals surface area contributed by atoms with Crippen molar-refractivity contribution < 1.29 is 14.1 Å². The lowest BCUT2D eigenvalue weighted by atomic mass is 10.2. The van der Waals surface area contributed by atoms with Gasteiger partial charge >= 0.3 is 0 Å². The number of aryl methyl sites for hydroxylation is 1. The molecule has 0 aliphatic rings. The van der Waals surface area contributed by atoms with Crippen molar-refractivity contribution in [2.24, 2.45) is 0 Å². The van der Waals surface area contributed by atoms with E-state index in [0.717, 1.165) is 0 Å². The monoisotopic (exact) mass is 257 g/mol. The standard InChI is InChI=1S/C13H11N3O3/c1-9-6-13(19-16-9)15-12(17)8-18-11-4-2-10(7-14)3-5-11/h2-6H,8H2,1H3,(H,15,17). The van der Waals surface area contributed by atoms with Crippen molar-refractivity contribution in [3.63, 3.8) is 0 Å². The molecule has 6 nitrogen and oxygen atoms in total. The molecule has 96 valence electrons. The van der Waals surface area contributed by atoms with Crippen molar-refractivity contribution in [2.45, 2.75) is 6.92 Å². The number of ether oxygens (including phenoxy) is 1. The smallest absolute Gasteiger partial charge is 0.264 e. The lowest BCUT2D eigenvalue weighted by Gasteiger charge is -2.05. The third-order valence-electron chi connectivity index (χ3n) is 2.24. The molecule has 0 saturated heterocycles. The Morgan fingerprint density at radius 1 is 1.47 bits per heavy atom. The third-order valence-corrected chi connectivity index (χ3v) is 2.24. The second-order valence-electron chi connectivity index (χ2n) is 3.81. The summed E-state index contributed by atoms with van der Waals surface area (Å²) < 4.78 is 10.1. The Morgan fingerprint density at radius 2 is 2.21 bits per heavy atom. The number of carbonyl (C=O) groups excluding carboxylic acids is 1. The number of aromatic nitrogens is 1. The molecule has 6 heteroatoms. The van der Waals surface area contributed by atoms with Crippen LogP contribution in [0.4, 0.5) is 5.88 Å². The molecule has 1 amide bonds.